The standard InChI is InChI=1S/C12H15N5O2/c1-2-8(4-18)3-9(5-19)17-7-16-10-11(13)14-6-15-12(10)17/h6-7,9,18-19H,1,3-5H2,(H2,13,14,15)/t9-/m0/s1. The Morgan fingerprint density at radius 1 is 1.42 bits per heavy atom. The molecule has 0 aliphatic heterocycles. The van der Waals surface area contributed by atoms with Gasteiger partial charge in [-0.2, -0.15) is 0 Å². The van der Waals surface area contributed by atoms with Crippen molar-refractivity contribution < 1.29 is 10.2 Å². The van der Waals surface area contributed by atoms with E-state index in [2.05, 4.69) is 27.3 Å². The predicted octanol–water partition coefficient (Wildman–Crippen LogP) is 0.0356. The summed E-state index contributed by atoms with van der Waals surface area (Å²) in [6.45, 7) is 3.23. The fraction of sp³-hybridized carbons (Fsp3) is 0.333. The van der Waals surface area contributed by atoms with Crippen LogP contribution in [0.25, 0.3) is 11.2 Å². The summed E-state index contributed by atoms with van der Waals surface area (Å²) >= 11 is 0. The third kappa shape index (κ3) is 2.48. The number of hydrogen-bond acceptors (Lipinski definition) is 6. The fourth-order valence-corrected chi connectivity index (χ4v) is 1.87. The summed E-state index contributed by atoms with van der Waals surface area (Å²) in [6.07, 6.45) is 3.31. The molecule has 4 N–H and O–H groups in total. The molecule has 7 heteroatoms. The number of aliphatic hydroxyl groups excluding tert-OH is 2. The molecule has 0 radical (unpaired) electrons. The summed E-state index contributed by atoms with van der Waals surface area (Å²) in [4.78, 5) is 12.1. The van der Waals surface area contributed by atoms with E-state index in [4.69, 9.17) is 10.8 Å². The van der Waals surface area contributed by atoms with Crippen molar-refractivity contribution in [2.75, 3.05) is 18.9 Å². The highest BCUT2D eigenvalue weighted by atomic mass is 16.3. The van der Waals surface area contributed by atoms with Crippen molar-refractivity contribution in [2.24, 2.45) is 0 Å². The second kappa shape index (κ2) is 5.62. The van der Waals surface area contributed by atoms with Gasteiger partial charge >= 0.3 is 0 Å². The van der Waals surface area contributed by atoms with Crippen LogP contribution in [0.5, 0.6) is 0 Å². The maximum absolute atomic E-state index is 9.50. The molecule has 100 valence electrons. The number of rotatable bonds is 5. The van der Waals surface area contributed by atoms with E-state index >= 15 is 0 Å². The molecule has 0 amide bonds. The molecule has 2 heterocycles. The van der Waals surface area contributed by atoms with Crippen LogP contribution in [0.4, 0.5) is 5.82 Å². The Kier molecular flexibility index (Phi) is 3.91. The highest BCUT2D eigenvalue weighted by Crippen LogP contribution is 2.22. The molecule has 0 saturated carbocycles. The van der Waals surface area contributed by atoms with Gasteiger partial charge in [0.05, 0.1) is 25.6 Å². The number of imidazole rings is 1. The molecular formula is C12H15N5O2. The highest BCUT2D eigenvalue weighted by molar-refractivity contribution is 5.81. The Morgan fingerprint density at radius 3 is 2.84 bits per heavy atom. The van der Waals surface area contributed by atoms with Crippen molar-refractivity contribution in [1.29, 1.82) is 0 Å². The number of nitrogen functional groups attached to an aromatic ring is 1. The first kappa shape index (κ1) is 13.2. The maximum atomic E-state index is 9.50. The third-order valence-electron chi connectivity index (χ3n) is 2.91. The van der Waals surface area contributed by atoms with E-state index in [0.717, 1.165) is 0 Å². The monoisotopic (exact) mass is 261 g/mol. The average molecular weight is 261 g/mol. The van der Waals surface area contributed by atoms with E-state index in [9.17, 15) is 5.11 Å². The van der Waals surface area contributed by atoms with Gasteiger partial charge in [-0.3, -0.25) is 0 Å². The molecule has 0 unspecified atom stereocenters. The van der Waals surface area contributed by atoms with Crippen LogP contribution in [-0.2, 0) is 0 Å². The van der Waals surface area contributed by atoms with Gasteiger partial charge in [-0.1, -0.05) is 6.58 Å². The molecule has 2 aromatic rings. The minimum atomic E-state index is -0.310. The molecule has 0 aliphatic carbocycles. The van der Waals surface area contributed by atoms with Crippen molar-refractivity contribution in [3.63, 3.8) is 0 Å². The Balaban J connectivity index is 2.41. The van der Waals surface area contributed by atoms with Gasteiger partial charge in [0.15, 0.2) is 11.5 Å². The van der Waals surface area contributed by atoms with Crippen LogP contribution in [-0.4, -0.2) is 42.9 Å². The number of fused-ring (bicyclic) bond motifs is 1. The van der Waals surface area contributed by atoms with E-state index in [1.165, 1.54) is 6.33 Å². The summed E-state index contributed by atoms with van der Waals surface area (Å²) in [5.41, 5.74) is 10.0. The zero-order valence-corrected chi connectivity index (χ0v) is 10.3. The molecule has 7 nitrogen and oxygen atoms in total. The van der Waals surface area contributed by atoms with Crippen molar-refractivity contribution >= 4 is 17.0 Å². The Bertz CT molecular complexity index is 630. The first-order valence-electron chi connectivity index (χ1n) is 5.73. The van der Waals surface area contributed by atoms with Crippen LogP contribution in [0, 0.1) is 0 Å². The minimum Gasteiger partial charge on any atom is -0.394 e. The third-order valence-corrected chi connectivity index (χ3v) is 2.91. The molecule has 0 aromatic carbocycles. The Morgan fingerprint density at radius 2 is 2.21 bits per heavy atom. The first-order valence-corrected chi connectivity index (χ1v) is 5.73. The van der Waals surface area contributed by atoms with Crippen LogP contribution < -0.4 is 5.73 Å². The van der Waals surface area contributed by atoms with Crippen molar-refractivity contribution in [2.45, 2.75) is 12.5 Å². The second-order valence-corrected chi connectivity index (χ2v) is 4.06. The van der Waals surface area contributed by atoms with Crippen molar-refractivity contribution in [3.8, 4) is 0 Å². The second-order valence-electron chi connectivity index (χ2n) is 4.06. The Hall–Kier alpha value is -2.21. The lowest BCUT2D eigenvalue weighted by atomic mass is 10.1. The molecule has 19 heavy (non-hydrogen) atoms. The van der Waals surface area contributed by atoms with Gasteiger partial charge in [-0.15, -0.1) is 5.73 Å². The van der Waals surface area contributed by atoms with E-state index in [1.54, 1.807) is 10.9 Å². The van der Waals surface area contributed by atoms with E-state index in [-0.39, 0.29) is 19.3 Å². The lowest BCUT2D eigenvalue weighted by molar-refractivity contribution is 0.223. The van der Waals surface area contributed by atoms with Gasteiger partial charge in [0.1, 0.15) is 11.8 Å². The zero-order chi connectivity index (χ0) is 13.8. The first-order chi connectivity index (χ1) is 9.21. The van der Waals surface area contributed by atoms with Crippen molar-refractivity contribution in [1.82, 2.24) is 19.5 Å². The van der Waals surface area contributed by atoms with Gasteiger partial charge in [0.25, 0.3) is 0 Å². The number of anilines is 1. The molecule has 1 atom stereocenters. The average Bonchev–Trinajstić information content (AvgIpc) is 2.86. The summed E-state index contributed by atoms with van der Waals surface area (Å²) < 4.78 is 1.71. The smallest absolute Gasteiger partial charge is 0.165 e. The number of nitrogens with two attached hydrogens (primary N) is 1. The lowest BCUT2D eigenvalue weighted by Gasteiger charge is -2.16. The van der Waals surface area contributed by atoms with Gasteiger partial charge in [-0.05, 0) is 5.57 Å². The minimum absolute atomic E-state index is 0.124. The zero-order valence-electron chi connectivity index (χ0n) is 10.3. The molecule has 0 spiro atoms. The highest BCUT2D eigenvalue weighted by Gasteiger charge is 2.17. The SMILES string of the molecule is C=C=C(CO)C[C@@H](CO)n1cnc2c(N)ncnc21. The lowest BCUT2D eigenvalue weighted by Crippen LogP contribution is -2.14. The molecule has 2 aromatic heterocycles. The topological polar surface area (TPSA) is 110 Å². The number of hydrogen-bond donors (Lipinski definition) is 3. The van der Waals surface area contributed by atoms with E-state index in [1.807, 2.05) is 0 Å². The number of nitrogens with zero attached hydrogens (tertiary/aromatic N) is 4. The van der Waals surface area contributed by atoms with Gasteiger partial charge in [0.2, 0.25) is 0 Å². The molecule has 0 fully saturated rings. The normalized spacial score (nSPS) is 12.3. The molecule has 0 aliphatic rings. The molecule has 0 bridgehead atoms. The Labute approximate surface area is 109 Å². The number of aromatic nitrogens is 4. The van der Waals surface area contributed by atoms with Crippen LogP contribution >= 0.6 is 0 Å². The van der Waals surface area contributed by atoms with Gasteiger partial charge in [0, 0.05) is 6.42 Å². The largest absolute Gasteiger partial charge is 0.394 e. The van der Waals surface area contributed by atoms with Crippen molar-refractivity contribution in [3.05, 3.63) is 30.5 Å². The quantitative estimate of drug-likeness (QED) is 0.655. The van der Waals surface area contributed by atoms with E-state index < -0.39 is 0 Å². The molecular weight excluding hydrogens is 246 g/mol. The molecule has 0 saturated heterocycles. The molecule has 2 rings (SSSR count). The summed E-state index contributed by atoms with van der Waals surface area (Å²) in [5.74, 6) is 0.294. The summed E-state index contributed by atoms with van der Waals surface area (Å²) in [5, 5.41) is 18.6. The van der Waals surface area contributed by atoms with Gasteiger partial charge < -0.3 is 20.5 Å². The fourth-order valence-electron chi connectivity index (χ4n) is 1.87. The predicted molar refractivity (Wildman–Crippen MR) is 70.2 cm³/mol. The van der Waals surface area contributed by atoms with Crippen LogP contribution in [0.3, 0.4) is 0 Å². The van der Waals surface area contributed by atoms with E-state index in [0.29, 0.717) is 29.0 Å². The van der Waals surface area contributed by atoms with Gasteiger partial charge in [-0.25, -0.2) is 15.0 Å². The summed E-state index contributed by atoms with van der Waals surface area (Å²) in [6, 6.07) is -0.310. The van der Waals surface area contributed by atoms with Crippen LogP contribution in [0.2, 0.25) is 0 Å². The summed E-state index contributed by atoms with van der Waals surface area (Å²) in [7, 11) is 0. The maximum Gasteiger partial charge on any atom is 0.165 e. The number of aliphatic hydroxyl groups is 2. The van der Waals surface area contributed by atoms with Crippen LogP contribution in [0.1, 0.15) is 12.5 Å². The van der Waals surface area contributed by atoms with Crippen LogP contribution in [0.15, 0.2) is 30.5 Å².